The number of carbonyl (C=O) groups is 3. The van der Waals surface area contributed by atoms with Crippen LogP contribution >= 0.6 is 0 Å². The van der Waals surface area contributed by atoms with Gasteiger partial charge in [0, 0.05) is 35.8 Å². The molecule has 2 aromatic heterocycles. The Morgan fingerprint density at radius 3 is 2.65 bits per heavy atom. The van der Waals surface area contributed by atoms with Crippen molar-refractivity contribution in [2.75, 3.05) is 33.4 Å². The van der Waals surface area contributed by atoms with Gasteiger partial charge in [0.05, 0.1) is 37.3 Å². The molecule has 1 aliphatic heterocycles. The van der Waals surface area contributed by atoms with Gasteiger partial charge in [-0.05, 0) is 62.6 Å². The van der Waals surface area contributed by atoms with Gasteiger partial charge in [0.1, 0.15) is 24.1 Å². The van der Waals surface area contributed by atoms with Crippen LogP contribution in [0.4, 0.5) is 4.39 Å². The van der Waals surface area contributed by atoms with E-state index >= 15 is 0 Å². The lowest BCUT2D eigenvalue weighted by Gasteiger charge is -2.26. The summed E-state index contributed by atoms with van der Waals surface area (Å²) in [5, 5.41) is 11.0. The Morgan fingerprint density at radius 1 is 1.09 bits per heavy atom. The normalized spacial score (nSPS) is 16.6. The number of aromatic nitrogens is 4. The quantitative estimate of drug-likeness (QED) is 0.349. The molecule has 0 radical (unpaired) electrons. The minimum absolute atomic E-state index is 0.0596. The minimum Gasteiger partial charge on any atom is -0.493 e. The molecule has 0 unspecified atom stereocenters. The van der Waals surface area contributed by atoms with Crippen LogP contribution in [0.15, 0.2) is 42.5 Å². The number of pyridine rings is 1. The van der Waals surface area contributed by atoms with E-state index in [4.69, 9.17) is 9.47 Å². The number of rotatable bonds is 3. The average molecular weight is 632 g/mol. The molecule has 12 nitrogen and oxygen atoms in total. The fourth-order valence-electron chi connectivity index (χ4n) is 5.47. The summed E-state index contributed by atoms with van der Waals surface area (Å²) in [5.74, 6) is 0.326. The second kappa shape index (κ2) is 13.9. The highest BCUT2D eigenvalue weighted by Gasteiger charge is 2.28. The van der Waals surface area contributed by atoms with Crippen molar-refractivity contribution in [1.29, 1.82) is 0 Å². The van der Waals surface area contributed by atoms with Crippen molar-refractivity contribution in [3.8, 4) is 11.5 Å². The van der Waals surface area contributed by atoms with E-state index in [0.29, 0.717) is 63.8 Å². The Bertz CT molecular complexity index is 1770. The summed E-state index contributed by atoms with van der Waals surface area (Å²) in [6.07, 6.45) is 0.363. The molecular weight excluding hydrogens is 593 g/mol. The van der Waals surface area contributed by atoms with Gasteiger partial charge in [-0.15, -0.1) is 0 Å². The lowest BCUT2D eigenvalue weighted by atomic mass is 10.0. The first-order valence-corrected chi connectivity index (χ1v) is 15.2. The molecule has 0 spiro atoms. The summed E-state index contributed by atoms with van der Waals surface area (Å²) in [5.41, 5.74) is 1.58. The SMILES string of the molecule is COc1ccc2cc1OCCn1nc(C)nc1[C@H](C(C)C)NC(=O)CN(C(=O)c1cc(C)nc3cc(F)ccc13)CCCNC2=O. The Kier molecular flexibility index (Phi) is 9.78. The highest BCUT2D eigenvalue weighted by Crippen LogP contribution is 2.29. The van der Waals surface area contributed by atoms with Crippen molar-refractivity contribution in [1.82, 2.24) is 35.3 Å². The van der Waals surface area contributed by atoms with E-state index in [2.05, 4.69) is 25.7 Å². The van der Waals surface area contributed by atoms with Crippen molar-refractivity contribution in [3.63, 3.8) is 0 Å². The Balaban J connectivity index is 1.50. The second-order valence-electron chi connectivity index (χ2n) is 11.6. The average Bonchev–Trinajstić information content (AvgIpc) is 3.38. The number of amides is 3. The van der Waals surface area contributed by atoms with Crippen LogP contribution in [0.5, 0.6) is 11.5 Å². The third-order valence-corrected chi connectivity index (χ3v) is 7.70. The largest absolute Gasteiger partial charge is 0.493 e. The highest BCUT2D eigenvalue weighted by molar-refractivity contribution is 6.07. The third kappa shape index (κ3) is 7.24. The highest BCUT2D eigenvalue weighted by atomic mass is 19.1. The first-order valence-electron chi connectivity index (χ1n) is 15.2. The number of halogens is 1. The zero-order valence-electron chi connectivity index (χ0n) is 26.6. The first-order chi connectivity index (χ1) is 22.0. The van der Waals surface area contributed by atoms with Gasteiger partial charge in [-0.2, -0.15) is 5.10 Å². The third-order valence-electron chi connectivity index (χ3n) is 7.70. The Hall–Kier alpha value is -5.07. The van der Waals surface area contributed by atoms with Crippen LogP contribution in [0.25, 0.3) is 10.9 Å². The van der Waals surface area contributed by atoms with Crippen molar-refractivity contribution in [2.24, 2.45) is 5.92 Å². The number of nitrogens with one attached hydrogen (secondary N) is 2. The van der Waals surface area contributed by atoms with E-state index < -0.39 is 17.8 Å². The van der Waals surface area contributed by atoms with Gasteiger partial charge >= 0.3 is 0 Å². The monoisotopic (exact) mass is 631 g/mol. The van der Waals surface area contributed by atoms with Crippen molar-refractivity contribution < 1.29 is 28.2 Å². The maximum Gasteiger partial charge on any atom is 0.255 e. The predicted molar refractivity (Wildman–Crippen MR) is 168 cm³/mol. The fraction of sp³-hybridized carbons (Fsp3) is 0.394. The van der Waals surface area contributed by atoms with E-state index in [9.17, 15) is 18.8 Å². The number of ether oxygens (including phenoxy) is 2. The summed E-state index contributed by atoms with van der Waals surface area (Å²) < 4.78 is 27.2. The van der Waals surface area contributed by atoms with Crippen LogP contribution < -0.4 is 20.1 Å². The molecule has 2 aromatic carbocycles. The number of benzene rings is 2. The smallest absolute Gasteiger partial charge is 0.255 e. The summed E-state index contributed by atoms with van der Waals surface area (Å²) in [6.45, 7) is 8.09. The predicted octanol–water partition coefficient (Wildman–Crippen LogP) is 3.76. The van der Waals surface area contributed by atoms with Crippen molar-refractivity contribution in [3.05, 3.63) is 76.8 Å². The van der Waals surface area contributed by atoms with Gasteiger partial charge in [0.15, 0.2) is 11.5 Å². The van der Waals surface area contributed by atoms with Gasteiger partial charge in [-0.1, -0.05) is 13.8 Å². The van der Waals surface area contributed by atoms with E-state index in [-0.39, 0.29) is 44.0 Å². The van der Waals surface area contributed by atoms with Gasteiger partial charge in [-0.3, -0.25) is 19.4 Å². The summed E-state index contributed by atoms with van der Waals surface area (Å²) in [4.78, 5) is 51.2. The number of fused-ring (bicyclic) bond motifs is 4. The van der Waals surface area contributed by atoms with Crippen LogP contribution in [0.3, 0.4) is 0 Å². The molecule has 46 heavy (non-hydrogen) atoms. The molecule has 2 bridgehead atoms. The molecular formula is C33H38FN7O5. The molecule has 242 valence electrons. The second-order valence-corrected chi connectivity index (χ2v) is 11.6. The van der Waals surface area contributed by atoms with Gasteiger partial charge in [0.25, 0.3) is 11.8 Å². The molecule has 0 fully saturated rings. The Labute approximate surface area is 266 Å². The molecule has 1 atom stereocenters. The number of methoxy groups -OCH3 is 1. The summed E-state index contributed by atoms with van der Waals surface area (Å²) >= 11 is 0. The number of hydrogen-bond donors (Lipinski definition) is 2. The molecule has 4 aromatic rings. The zero-order valence-corrected chi connectivity index (χ0v) is 26.6. The van der Waals surface area contributed by atoms with Crippen LogP contribution in [-0.4, -0.2) is 75.7 Å². The van der Waals surface area contributed by atoms with Crippen molar-refractivity contribution >= 4 is 28.6 Å². The molecule has 1 aliphatic rings. The number of carbonyl (C=O) groups excluding carboxylic acids is 3. The summed E-state index contributed by atoms with van der Waals surface area (Å²) in [7, 11) is 1.52. The topological polar surface area (TPSA) is 141 Å². The molecule has 13 heteroatoms. The standard InChI is InChI=1S/C33H38FN7O5/c1-19(2)30-31-37-21(4)39-41(31)13-14-46-28-16-22(7-10-27(28)45-5)32(43)35-11-6-12-40(18-29(42)38-30)33(44)25-15-20(3)36-26-17-23(34)8-9-24(25)26/h7-10,15-17,19,30H,6,11-14,18H2,1-5H3,(H,35,43)(H,38,42)/t30-/m0/s1. The van der Waals surface area contributed by atoms with E-state index in [1.165, 1.54) is 30.2 Å². The molecule has 5 rings (SSSR count). The van der Waals surface area contributed by atoms with Crippen molar-refractivity contribution in [2.45, 2.75) is 46.7 Å². The lowest BCUT2D eigenvalue weighted by molar-refractivity contribution is -0.123. The maximum atomic E-state index is 14.1. The van der Waals surface area contributed by atoms with E-state index in [1.807, 2.05) is 13.8 Å². The van der Waals surface area contributed by atoms with E-state index in [1.54, 1.807) is 42.8 Å². The first kappa shape index (κ1) is 32.3. The van der Waals surface area contributed by atoms with Gasteiger partial charge < -0.3 is 25.0 Å². The molecule has 3 amide bonds. The molecule has 2 N–H and O–H groups in total. The van der Waals surface area contributed by atoms with Crippen LogP contribution in [0.2, 0.25) is 0 Å². The maximum absolute atomic E-state index is 14.1. The zero-order chi connectivity index (χ0) is 33.0. The number of aryl methyl sites for hydroxylation is 2. The molecule has 0 aliphatic carbocycles. The lowest BCUT2D eigenvalue weighted by Crippen LogP contribution is -2.44. The van der Waals surface area contributed by atoms with Crippen LogP contribution in [-0.2, 0) is 11.3 Å². The molecule has 3 heterocycles. The van der Waals surface area contributed by atoms with Crippen LogP contribution in [0.1, 0.15) is 64.4 Å². The van der Waals surface area contributed by atoms with Crippen LogP contribution in [0, 0.1) is 25.6 Å². The number of hydrogen-bond acceptors (Lipinski definition) is 8. The number of nitrogens with zero attached hydrogens (tertiary/aromatic N) is 5. The fourth-order valence-corrected chi connectivity index (χ4v) is 5.47. The summed E-state index contributed by atoms with van der Waals surface area (Å²) in [6, 6.07) is 10.1. The van der Waals surface area contributed by atoms with Gasteiger partial charge in [-0.25, -0.2) is 14.1 Å². The Morgan fingerprint density at radius 2 is 1.89 bits per heavy atom. The van der Waals surface area contributed by atoms with Gasteiger partial charge in [0.2, 0.25) is 5.91 Å². The molecule has 0 saturated heterocycles. The van der Waals surface area contributed by atoms with E-state index in [0.717, 1.165) is 0 Å². The molecule has 0 saturated carbocycles. The minimum atomic E-state index is -0.506.